The molecule has 0 saturated heterocycles. The van der Waals surface area contributed by atoms with Crippen molar-refractivity contribution in [3.8, 4) is 5.75 Å². The molecule has 1 aromatic carbocycles. The monoisotopic (exact) mass is 320 g/mol. The van der Waals surface area contributed by atoms with E-state index in [0.29, 0.717) is 4.99 Å². The van der Waals surface area contributed by atoms with Crippen LogP contribution >= 0.6 is 23.6 Å². The number of ether oxygens (including phenoxy) is 1. The van der Waals surface area contributed by atoms with Crippen LogP contribution in [0.3, 0.4) is 0 Å². The zero-order valence-corrected chi connectivity index (χ0v) is 14.1. The molecule has 112 valence electrons. The fourth-order valence-corrected chi connectivity index (χ4v) is 3.39. The molecule has 5 heteroatoms. The third kappa shape index (κ3) is 4.19. The summed E-state index contributed by atoms with van der Waals surface area (Å²) in [5, 5.41) is 3.48. The first kappa shape index (κ1) is 15.8. The quantitative estimate of drug-likeness (QED) is 0.796. The maximum Gasteiger partial charge on any atom is 0.120 e. The van der Waals surface area contributed by atoms with E-state index in [9.17, 15) is 0 Å². The van der Waals surface area contributed by atoms with Crippen molar-refractivity contribution in [3.05, 3.63) is 45.6 Å². The standard InChI is InChI=1S/C16H20N2OS2/c1-10(8-13-6-4-11(2)21-13)18-15-9-12(19-3)5-7-14(15)16(17)20/h4-7,9-10,18H,8H2,1-3H3,(H2,17,20). The number of nitrogens with one attached hydrogen (secondary N) is 1. The molecule has 2 rings (SSSR count). The first-order chi connectivity index (χ1) is 9.99. The van der Waals surface area contributed by atoms with Crippen LogP contribution in [0, 0.1) is 6.92 Å². The van der Waals surface area contributed by atoms with Gasteiger partial charge in [-0.05, 0) is 38.1 Å². The zero-order chi connectivity index (χ0) is 15.4. The molecule has 3 nitrogen and oxygen atoms in total. The lowest BCUT2D eigenvalue weighted by Crippen LogP contribution is -2.21. The molecular formula is C16H20N2OS2. The number of rotatable bonds is 6. The summed E-state index contributed by atoms with van der Waals surface area (Å²) in [6, 6.07) is 10.3. The van der Waals surface area contributed by atoms with Gasteiger partial charge < -0.3 is 15.8 Å². The average molecular weight is 320 g/mol. The van der Waals surface area contributed by atoms with Crippen LogP contribution in [-0.4, -0.2) is 18.1 Å². The SMILES string of the molecule is COc1ccc(C(N)=S)c(NC(C)Cc2ccc(C)s2)c1. The van der Waals surface area contributed by atoms with Gasteiger partial charge in [0.2, 0.25) is 0 Å². The van der Waals surface area contributed by atoms with Crippen molar-refractivity contribution in [2.45, 2.75) is 26.3 Å². The lowest BCUT2D eigenvalue weighted by atomic mass is 10.1. The zero-order valence-electron chi connectivity index (χ0n) is 12.5. The summed E-state index contributed by atoms with van der Waals surface area (Å²) in [4.78, 5) is 3.09. The molecule has 1 atom stereocenters. The Labute approximate surface area is 135 Å². The fourth-order valence-electron chi connectivity index (χ4n) is 2.20. The van der Waals surface area contributed by atoms with Crippen molar-refractivity contribution in [1.29, 1.82) is 0 Å². The largest absolute Gasteiger partial charge is 0.497 e. The van der Waals surface area contributed by atoms with Gasteiger partial charge in [-0.3, -0.25) is 0 Å². The molecule has 1 unspecified atom stereocenters. The van der Waals surface area contributed by atoms with E-state index in [1.807, 2.05) is 29.5 Å². The van der Waals surface area contributed by atoms with Crippen molar-refractivity contribution in [1.82, 2.24) is 0 Å². The van der Waals surface area contributed by atoms with Gasteiger partial charge in [0.05, 0.1) is 7.11 Å². The second-order valence-corrected chi connectivity index (χ2v) is 6.85. The topological polar surface area (TPSA) is 47.3 Å². The summed E-state index contributed by atoms with van der Waals surface area (Å²) < 4.78 is 5.27. The molecule has 0 spiro atoms. The molecule has 1 heterocycles. The van der Waals surface area contributed by atoms with Gasteiger partial charge in [-0.15, -0.1) is 11.3 Å². The summed E-state index contributed by atoms with van der Waals surface area (Å²) >= 11 is 6.94. The van der Waals surface area contributed by atoms with E-state index in [2.05, 4.69) is 31.3 Å². The third-order valence-corrected chi connectivity index (χ3v) is 4.44. The fraction of sp³-hybridized carbons (Fsp3) is 0.312. The van der Waals surface area contributed by atoms with Gasteiger partial charge in [-0.2, -0.15) is 0 Å². The van der Waals surface area contributed by atoms with E-state index in [1.54, 1.807) is 7.11 Å². The average Bonchev–Trinajstić information content (AvgIpc) is 2.83. The van der Waals surface area contributed by atoms with Crippen LogP contribution in [0.1, 0.15) is 22.2 Å². The Balaban J connectivity index is 2.15. The highest BCUT2D eigenvalue weighted by molar-refractivity contribution is 7.80. The highest BCUT2D eigenvalue weighted by Gasteiger charge is 2.11. The number of thiocarbonyl (C=S) groups is 1. The van der Waals surface area contributed by atoms with Gasteiger partial charge in [0, 0.05) is 39.5 Å². The van der Waals surface area contributed by atoms with E-state index < -0.39 is 0 Å². The number of thiophene rings is 1. The maximum atomic E-state index is 5.79. The summed E-state index contributed by atoms with van der Waals surface area (Å²) in [6.07, 6.45) is 0.965. The molecule has 21 heavy (non-hydrogen) atoms. The van der Waals surface area contributed by atoms with Gasteiger partial charge in [-0.25, -0.2) is 0 Å². The van der Waals surface area contributed by atoms with Gasteiger partial charge in [0.1, 0.15) is 10.7 Å². The van der Waals surface area contributed by atoms with Crippen molar-refractivity contribution in [2.24, 2.45) is 5.73 Å². The minimum absolute atomic E-state index is 0.281. The number of aryl methyl sites for hydroxylation is 1. The van der Waals surface area contributed by atoms with Crippen molar-refractivity contribution in [3.63, 3.8) is 0 Å². The third-order valence-electron chi connectivity index (χ3n) is 3.20. The lowest BCUT2D eigenvalue weighted by molar-refractivity contribution is 0.415. The smallest absolute Gasteiger partial charge is 0.120 e. The molecule has 0 amide bonds. The van der Waals surface area contributed by atoms with Crippen LogP contribution in [0.2, 0.25) is 0 Å². The van der Waals surface area contributed by atoms with E-state index in [-0.39, 0.29) is 6.04 Å². The molecule has 0 fully saturated rings. The predicted molar refractivity (Wildman–Crippen MR) is 94.7 cm³/mol. The Bertz CT molecular complexity index is 637. The van der Waals surface area contributed by atoms with Gasteiger partial charge in [-0.1, -0.05) is 12.2 Å². The van der Waals surface area contributed by atoms with Gasteiger partial charge in [0.25, 0.3) is 0 Å². The Hall–Kier alpha value is -1.59. The van der Waals surface area contributed by atoms with E-state index in [0.717, 1.165) is 23.4 Å². The van der Waals surface area contributed by atoms with Crippen LogP contribution in [0.25, 0.3) is 0 Å². The Morgan fingerprint density at radius 3 is 2.71 bits per heavy atom. The number of anilines is 1. The highest BCUT2D eigenvalue weighted by Crippen LogP contribution is 2.24. The normalized spacial score (nSPS) is 12.0. The number of nitrogens with two attached hydrogens (primary N) is 1. The molecular weight excluding hydrogens is 300 g/mol. The van der Waals surface area contributed by atoms with E-state index in [4.69, 9.17) is 22.7 Å². The second-order valence-electron chi connectivity index (χ2n) is 5.04. The lowest BCUT2D eigenvalue weighted by Gasteiger charge is -2.18. The van der Waals surface area contributed by atoms with E-state index in [1.165, 1.54) is 9.75 Å². The minimum atomic E-state index is 0.281. The molecule has 2 aromatic rings. The van der Waals surface area contributed by atoms with E-state index >= 15 is 0 Å². The van der Waals surface area contributed by atoms with Crippen molar-refractivity contribution >= 4 is 34.2 Å². The number of methoxy groups -OCH3 is 1. The number of hydrogen-bond donors (Lipinski definition) is 2. The van der Waals surface area contributed by atoms with Crippen LogP contribution in [0.15, 0.2) is 30.3 Å². The Kier molecular flexibility index (Phi) is 5.20. The number of hydrogen-bond acceptors (Lipinski definition) is 4. The Morgan fingerprint density at radius 2 is 2.14 bits per heavy atom. The number of benzene rings is 1. The van der Waals surface area contributed by atoms with Gasteiger partial charge in [0.15, 0.2) is 0 Å². The van der Waals surface area contributed by atoms with Crippen LogP contribution in [0.4, 0.5) is 5.69 Å². The molecule has 3 N–H and O–H groups in total. The van der Waals surface area contributed by atoms with Gasteiger partial charge >= 0.3 is 0 Å². The highest BCUT2D eigenvalue weighted by atomic mass is 32.1. The molecule has 0 aliphatic carbocycles. The summed E-state index contributed by atoms with van der Waals surface area (Å²) in [7, 11) is 1.65. The van der Waals surface area contributed by atoms with Crippen LogP contribution < -0.4 is 15.8 Å². The molecule has 0 saturated carbocycles. The second kappa shape index (κ2) is 6.91. The molecule has 0 radical (unpaired) electrons. The first-order valence-corrected chi connectivity index (χ1v) is 8.01. The summed E-state index contributed by atoms with van der Waals surface area (Å²) in [5.74, 6) is 0.789. The molecule has 0 aliphatic rings. The predicted octanol–water partition coefficient (Wildman–Crippen LogP) is 3.74. The summed E-state index contributed by atoms with van der Waals surface area (Å²) in [5.41, 5.74) is 7.56. The maximum absolute atomic E-state index is 5.79. The summed E-state index contributed by atoms with van der Waals surface area (Å²) in [6.45, 7) is 4.27. The first-order valence-electron chi connectivity index (χ1n) is 6.79. The Morgan fingerprint density at radius 1 is 1.38 bits per heavy atom. The minimum Gasteiger partial charge on any atom is -0.497 e. The molecule has 0 aliphatic heterocycles. The van der Waals surface area contributed by atoms with Crippen molar-refractivity contribution < 1.29 is 4.74 Å². The van der Waals surface area contributed by atoms with Crippen LogP contribution in [0.5, 0.6) is 5.75 Å². The van der Waals surface area contributed by atoms with Crippen LogP contribution in [-0.2, 0) is 6.42 Å². The van der Waals surface area contributed by atoms with Crippen molar-refractivity contribution in [2.75, 3.05) is 12.4 Å². The molecule has 1 aromatic heterocycles. The molecule has 0 bridgehead atoms.